The van der Waals surface area contributed by atoms with Gasteiger partial charge < -0.3 is 0 Å². The molecule has 46 valence electrons. The van der Waals surface area contributed by atoms with E-state index < -0.39 is 0 Å². The van der Waals surface area contributed by atoms with E-state index in [1.807, 2.05) is 0 Å². The molecule has 0 fully saturated rings. The van der Waals surface area contributed by atoms with Gasteiger partial charge in [0, 0.05) is 0 Å². The fraction of sp³-hybridized carbons (Fsp3) is 0. The van der Waals surface area contributed by atoms with Crippen LogP contribution >= 0.6 is 11.3 Å². The van der Waals surface area contributed by atoms with Gasteiger partial charge in [0.2, 0.25) is 0 Å². The Morgan fingerprint density at radius 3 is 3.44 bits per heavy atom. The van der Waals surface area contributed by atoms with Crippen LogP contribution in [0.1, 0.15) is 5.69 Å². The lowest BCUT2D eigenvalue weighted by Crippen LogP contribution is -2.18. The molecule has 0 atom stereocenters. The van der Waals surface area contributed by atoms with E-state index in [2.05, 4.69) is 21.0 Å². The van der Waals surface area contributed by atoms with E-state index in [4.69, 9.17) is 0 Å². The Hall–Kier alpha value is -1.10. The lowest BCUT2D eigenvalue weighted by Gasteiger charge is -2.05. The molecule has 1 aromatic rings. The van der Waals surface area contributed by atoms with Crippen molar-refractivity contribution >= 4 is 22.6 Å². The maximum Gasteiger partial charge on any atom is 0.137 e. The average molecular weight is 140 g/mol. The molecule has 4 nitrogen and oxygen atoms in total. The molecule has 0 saturated carbocycles. The highest BCUT2D eigenvalue weighted by Crippen LogP contribution is 2.18. The molecule has 2 heterocycles. The fourth-order valence-corrected chi connectivity index (χ4v) is 1.22. The first-order valence-electron chi connectivity index (χ1n) is 2.44. The summed E-state index contributed by atoms with van der Waals surface area (Å²) in [5.74, 6) is 0. The van der Waals surface area contributed by atoms with Crippen LogP contribution in [0.15, 0.2) is 10.6 Å². The summed E-state index contributed by atoms with van der Waals surface area (Å²) >= 11 is 1.55. The molecule has 5 heteroatoms. The van der Waals surface area contributed by atoms with Gasteiger partial charge in [0.25, 0.3) is 0 Å². The van der Waals surface area contributed by atoms with Crippen LogP contribution in [0.3, 0.4) is 0 Å². The molecule has 0 aromatic carbocycles. The smallest absolute Gasteiger partial charge is 0.137 e. The molecule has 2 rings (SSSR count). The normalized spacial score (nSPS) is 13.8. The summed E-state index contributed by atoms with van der Waals surface area (Å²) in [6.07, 6.45) is 1.68. The van der Waals surface area contributed by atoms with Crippen LogP contribution in [0.5, 0.6) is 0 Å². The van der Waals surface area contributed by atoms with Gasteiger partial charge in [-0.05, 0) is 0 Å². The molecule has 0 aliphatic carbocycles. The number of fused-ring (bicyclic) bond motifs is 1. The van der Waals surface area contributed by atoms with E-state index in [0.29, 0.717) is 0 Å². The van der Waals surface area contributed by atoms with Crippen molar-refractivity contribution in [1.82, 2.24) is 10.5 Å². The summed E-state index contributed by atoms with van der Waals surface area (Å²) in [4.78, 5) is 4.02. The van der Waals surface area contributed by atoms with Crippen molar-refractivity contribution in [1.29, 1.82) is 0 Å². The van der Waals surface area contributed by atoms with Crippen molar-refractivity contribution in [3.63, 3.8) is 0 Å². The van der Waals surface area contributed by atoms with Gasteiger partial charge >= 0.3 is 0 Å². The predicted octanol–water partition coefficient (Wildman–Crippen LogP) is 0.407. The Labute approximate surface area is 55.6 Å². The van der Waals surface area contributed by atoms with Crippen molar-refractivity contribution in [2.75, 3.05) is 5.43 Å². The third kappa shape index (κ3) is 0.655. The van der Waals surface area contributed by atoms with Gasteiger partial charge in [-0.15, -0.1) is 11.3 Å². The fourth-order valence-electron chi connectivity index (χ4n) is 0.617. The van der Waals surface area contributed by atoms with E-state index in [-0.39, 0.29) is 0 Å². The third-order valence-electron chi connectivity index (χ3n) is 1.02. The first kappa shape index (κ1) is 4.75. The van der Waals surface area contributed by atoms with Crippen molar-refractivity contribution in [3.8, 4) is 0 Å². The Morgan fingerprint density at radius 2 is 2.56 bits per heavy atom. The summed E-state index contributed by atoms with van der Waals surface area (Å²) in [5, 5.41) is 4.77. The maximum absolute atomic E-state index is 4.02. The molecule has 0 saturated heterocycles. The van der Waals surface area contributed by atoms with E-state index in [9.17, 15) is 0 Å². The van der Waals surface area contributed by atoms with Crippen LogP contribution in [-0.2, 0) is 0 Å². The van der Waals surface area contributed by atoms with Crippen molar-refractivity contribution in [2.45, 2.75) is 0 Å². The number of hydrazine groups is 1. The molecule has 2 N–H and O–H groups in total. The van der Waals surface area contributed by atoms with Gasteiger partial charge in [0.1, 0.15) is 10.7 Å². The number of thiazole rings is 1. The van der Waals surface area contributed by atoms with E-state index in [0.717, 1.165) is 10.7 Å². The predicted molar refractivity (Wildman–Crippen MR) is 36.5 cm³/mol. The highest BCUT2D eigenvalue weighted by atomic mass is 32.1. The molecule has 1 aromatic heterocycles. The molecular formula is C4H4N4S. The maximum atomic E-state index is 4.02. The molecule has 0 spiro atoms. The minimum atomic E-state index is 0.902. The first-order chi connectivity index (χ1) is 4.47. The van der Waals surface area contributed by atoms with Crippen molar-refractivity contribution < 1.29 is 0 Å². The van der Waals surface area contributed by atoms with Gasteiger partial charge in [0.05, 0.1) is 11.7 Å². The molecule has 9 heavy (non-hydrogen) atoms. The number of anilines is 1. The number of hydrogen-bond acceptors (Lipinski definition) is 5. The Morgan fingerprint density at radius 1 is 1.56 bits per heavy atom. The van der Waals surface area contributed by atoms with Gasteiger partial charge in [-0.3, -0.25) is 5.43 Å². The minimum Gasteiger partial charge on any atom is -0.273 e. The van der Waals surface area contributed by atoms with Crippen LogP contribution in [0, 0.1) is 0 Å². The van der Waals surface area contributed by atoms with Gasteiger partial charge in [-0.1, -0.05) is 0 Å². The minimum absolute atomic E-state index is 0.902. The topological polar surface area (TPSA) is 49.3 Å². The lowest BCUT2D eigenvalue weighted by molar-refractivity contribution is 0.875. The van der Waals surface area contributed by atoms with Crippen molar-refractivity contribution in [2.24, 2.45) is 5.10 Å². The zero-order chi connectivity index (χ0) is 6.10. The number of rotatable bonds is 0. The Kier molecular flexibility index (Phi) is 0.895. The second kappa shape index (κ2) is 1.70. The second-order valence-corrected chi connectivity index (χ2v) is 2.42. The molecule has 1 aliphatic heterocycles. The number of nitrogens with one attached hydrogen (secondary N) is 2. The monoisotopic (exact) mass is 140 g/mol. The zero-order valence-electron chi connectivity index (χ0n) is 4.46. The largest absolute Gasteiger partial charge is 0.273 e. The average Bonchev–Trinajstić information content (AvgIpc) is 2.33. The molecule has 0 amide bonds. The molecule has 0 unspecified atom stereocenters. The summed E-state index contributed by atoms with van der Waals surface area (Å²) in [6.45, 7) is 0. The second-order valence-electron chi connectivity index (χ2n) is 1.56. The van der Waals surface area contributed by atoms with Crippen LogP contribution < -0.4 is 11.0 Å². The molecular weight excluding hydrogens is 136 g/mol. The lowest BCUT2D eigenvalue weighted by atomic mass is 10.5. The number of hydrazone groups is 1. The highest BCUT2D eigenvalue weighted by molar-refractivity contribution is 7.14. The van der Waals surface area contributed by atoms with Crippen LogP contribution in [0.4, 0.5) is 5.00 Å². The Balaban J connectivity index is 2.53. The van der Waals surface area contributed by atoms with Crippen LogP contribution in [0.2, 0.25) is 0 Å². The van der Waals surface area contributed by atoms with Crippen molar-refractivity contribution in [3.05, 3.63) is 11.2 Å². The van der Waals surface area contributed by atoms with Crippen LogP contribution in [0.25, 0.3) is 0 Å². The van der Waals surface area contributed by atoms with Gasteiger partial charge in [-0.25, -0.2) is 10.5 Å². The number of nitrogens with zero attached hydrogens (tertiary/aromatic N) is 2. The standard InChI is InChI=1S/C4H4N4S/c1-3-4(7-8-6-1)9-2-5-3/h1-2,7-8H. The first-order valence-corrected chi connectivity index (χ1v) is 3.32. The molecule has 0 bridgehead atoms. The quantitative estimate of drug-likeness (QED) is 0.548. The highest BCUT2D eigenvalue weighted by Gasteiger charge is 2.04. The Bertz CT molecular complexity index is 240. The van der Waals surface area contributed by atoms with E-state index in [1.54, 1.807) is 23.1 Å². The van der Waals surface area contributed by atoms with Gasteiger partial charge in [0.15, 0.2) is 0 Å². The van der Waals surface area contributed by atoms with E-state index >= 15 is 0 Å². The van der Waals surface area contributed by atoms with Crippen LogP contribution in [-0.4, -0.2) is 11.2 Å². The molecule has 0 radical (unpaired) electrons. The summed E-state index contributed by atoms with van der Waals surface area (Å²) in [7, 11) is 0. The number of hydrogen-bond donors (Lipinski definition) is 2. The zero-order valence-corrected chi connectivity index (χ0v) is 5.27. The summed E-state index contributed by atoms with van der Waals surface area (Å²) in [5.41, 5.74) is 8.14. The summed E-state index contributed by atoms with van der Waals surface area (Å²) in [6, 6.07) is 0. The number of aromatic nitrogens is 1. The molecule has 1 aliphatic rings. The SMILES string of the molecule is C1=NNNc2scnc21. The van der Waals surface area contributed by atoms with E-state index in [1.165, 1.54) is 0 Å². The van der Waals surface area contributed by atoms with Gasteiger partial charge in [-0.2, -0.15) is 5.10 Å². The summed E-state index contributed by atoms with van der Waals surface area (Å²) < 4.78 is 0. The third-order valence-corrected chi connectivity index (χ3v) is 1.77.